The monoisotopic (exact) mass is 278 g/mol. The van der Waals surface area contributed by atoms with Gasteiger partial charge in [-0.15, -0.1) is 0 Å². The molecule has 1 aromatic rings. The Morgan fingerprint density at radius 2 is 1.90 bits per heavy atom. The highest BCUT2D eigenvalue weighted by Crippen LogP contribution is 2.23. The van der Waals surface area contributed by atoms with Gasteiger partial charge in [0.05, 0.1) is 25.4 Å². The first-order valence-electron chi connectivity index (χ1n) is 7.40. The molecule has 0 saturated carbocycles. The molecule has 1 saturated heterocycles. The summed E-state index contributed by atoms with van der Waals surface area (Å²) in [5.74, 6) is 0. The molecule has 1 fully saturated rings. The fourth-order valence-electron chi connectivity index (χ4n) is 2.86. The van der Waals surface area contributed by atoms with Gasteiger partial charge in [0, 0.05) is 25.7 Å². The van der Waals surface area contributed by atoms with Gasteiger partial charge in [0.2, 0.25) is 0 Å². The van der Waals surface area contributed by atoms with E-state index in [2.05, 4.69) is 36.2 Å². The largest absolute Gasteiger partial charge is 0.394 e. The van der Waals surface area contributed by atoms with E-state index in [9.17, 15) is 5.11 Å². The van der Waals surface area contributed by atoms with Crippen LogP contribution < -0.4 is 5.32 Å². The van der Waals surface area contributed by atoms with Gasteiger partial charge in [-0.05, 0) is 19.4 Å². The molecule has 0 radical (unpaired) electrons. The minimum absolute atomic E-state index is 0.0898. The van der Waals surface area contributed by atoms with Gasteiger partial charge in [-0.1, -0.05) is 30.3 Å². The number of morpholine rings is 1. The summed E-state index contributed by atoms with van der Waals surface area (Å²) in [5.41, 5.74) is 0.731. The summed E-state index contributed by atoms with van der Waals surface area (Å²) < 4.78 is 5.41. The van der Waals surface area contributed by atoms with E-state index in [1.807, 2.05) is 18.2 Å². The number of nitrogens with one attached hydrogen (secondary N) is 1. The van der Waals surface area contributed by atoms with E-state index in [1.54, 1.807) is 0 Å². The zero-order valence-corrected chi connectivity index (χ0v) is 12.5. The Bertz CT molecular complexity index is 391. The number of benzene rings is 1. The lowest BCUT2D eigenvalue weighted by molar-refractivity contribution is 0.0115. The molecular formula is C16H26N2O2. The van der Waals surface area contributed by atoms with Gasteiger partial charge in [0.1, 0.15) is 0 Å². The smallest absolute Gasteiger partial charge is 0.0799 e. The topological polar surface area (TPSA) is 44.7 Å². The van der Waals surface area contributed by atoms with Crippen LogP contribution in [0.15, 0.2) is 30.3 Å². The number of aliphatic hydroxyl groups is 1. The lowest BCUT2D eigenvalue weighted by Gasteiger charge is -2.41. The second-order valence-corrected chi connectivity index (χ2v) is 5.79. The van der Waals surface area contributed by atoms with E-state index in [1.165, 1.54) is 0 Å². The highest BCUT2D eigenvalue weighted by Gasteiger charge is 2.34. The molecule has 0 aliphatic carbocycles. The van der Waals surface area contributed by atoms with Crippen LogP contribution in [0.5, 0.6) is 0 Å². The second kappa shape index (κ2) is 7.18. The molecule has 112 valence electrons. The Kier molecular flexibility index (Phi) is 5.54. The predicted molar refractivity (Wildman–Crippen MR) is 80.7 cm³/mol. The van der Waals surface area contributed by atoms with Gasteiger partial charge in [0.25, 0.3) is 0 Å². The van der Waals surface area contributed by atoms with Crippen LogP contribution in [-0.4, -0.2) is 55.5 Å². The average Bonchev–Trinajstić information content (AvgIpc) is 2.48. The van der Waals surface area contributed by atoms with Crippen molar-refractivity contribution >= 4 is 0 Å². The fourth-order valence-corrected chi connectivity index (χ4v) is 2.86. The maximum Gasteiger partial charge on any atom is 0.0799 e. The van der Waals surface area contributed by atoms with Crippen LogP contribution in [0.4, 0.5) is 0 Å². The molecule has 2 rings (SSSR count). The number of nitrogens with zero attached hydrogens (tertiary/aromatic N) is 1. The molecule has 1 unspecified atom stereocenters. The normalized spacial score (nSPS) is 20.0. The number of aliphatic hydroxyl groups excluding tert-OH is 1. The number of hydrogen-bond donors (Lipinski definition) is 2. The Balaban J connectivity index is 2.22. The molecule has 1 aliphatic heterocycles. The minimum atomic E-state index is -0.410. The number of ether oxygens (including phenoxy) is 1. The molecule has 4 heteroatoms. The third-order valence-corrected chi connectivity index (χ3v) is 3.76. The third-order valence-electron chi connectivity index (χ3n) is 3.76. The van der Waals surface area contributed by atoms with Crippen LogP contribution >= 0.6 is 0 Å². The highest BCUT2D eigenvalue weighted by atomic mass is 16.5. The van der Waals surface area contributed by atoms with E-state index < -0.39 is 5.54 Å². The average molecular weight is 278 g/mol. The van der Waals surface area contributed by atoms with E-state index in [0.29, 0.717) is 6.04 Å². The lowest BCUT2D eigenvalue weighted by Crippen LogP contribution is -2.57. The van der Waals surface area contributed by atoms with E-state index in [0.717, 1.165) is 38.4 Å². The van der Waals surface area contributed by atoms with Crippen molar-refractivity contribution in [3.63, 3.8) is 0 Å². The molecule has 1 aromatic carbocycles. The Morgan fingerprint density at radius 1 is 1.25 bits per heavy atom. The lowest BCUT2D eigenvalue weighted by atomic mass is 9.89. The number of hydrogen-bond acceptors (Lipinski definition) is 4. The van der Waals surface area contributed by atoms with Gasteiger partial charge in [-0.25, -0.2) is 0 Å². The van der Waals surface area contributed by atoms with Gasteiger partial charge >= 0.3 is 0 Å². The van der Waals surface area contributed by atoms with Crippen LogP contribution in [-0.2, 0) is 10.3 Å². The quantitative estimate of drug-likeness (QED) is 0.821. The standard InChI is InChI=1S/C16H26N2O2/c1-14(2)17-16(13-19,15-6-4-3-5-7-15)12-18-8-10-20-11-9-18/h3-7,14,17,19H,8-13H2,1-2H3. The second-order valence-electron chi connectivity index (χ2n) is 5.79. The molecule has 4 nitrogen and oxygen atoms in total. The molecule has 2 N–H and O–H groups in total. The summed E-state index contributed by atoms with van der Waals surface area (Å²) >= 11 is 0. The highest BCUT2D eigenvalue weighted by molar-refractivity contribution is 5.25. The van der Waals surface area contributed by atoms with E-state index in [-0.39, 0.29) is 6.61 Å². The molecule has 1 heterocycles. The Labute approximate surface area is 121 Å². The third kappa shape index (κ3) is 3.79. The Morgan fingerprint density at radius 3 is 2.45 bits per heavy atom. The predicted octanol–water partition coefficient (Wildman–Crippen LogP) is 1.20. The van der Waals surface area contributed by atoms with Crippen LogP contribution in [0, 0.1) is 0 Å². The zero-order chi connectivity index (χ0) is 14.4. The van der Waals surface area contributed by atoms with Crippen LogP contribution in [0.2, 0.25) is 0 Å². The molecule has 1 aliphatic rings. The molecule has 0 spiro atoms. The van der Waals surface area contributed by atoms with Gasteiger partial charge < -0.3 is 15.2 Å². The van der Waals surface area contributed by atoms with Crippen molar-refractivity contribution in [3.8, 4) is 0 Å². The van der Waals surface area contributed by atoms with Crippen molar-refractivity contribution in [1.82, 2.24) is 10.2 Å². The van der Waals surface area contributed by atoms with Crippen LogP contribution in [0.1, 0.15) is 19.4 Å². The summed E-state index contributed by atoms with van der Waals surface area (Å²) in [7, 11) is 0. The van der Waals surface area contributed by atoms with Crippen molar-refractivity contribution in [3.05, 3.63) is 35.9 Å². The van der Waals surface area contributed by atoms with Gasteiger partial charge in [-0.2, -0.15) is 0 Å². The number of rotatable bonds is 6. The van der Waals surface area contributed by atoms with Crippen LogP contribution in [0.3, 0.4) is 0 Å². The molecule has 0 bridgehead atoms. The first kappa shape index (κ1) is 15.4. The van der Waals surface area contributed by atoms with Crippen molar-refractivity contribution in [2.24, 2.45) is 0 Å². The van der Waals surface area contributed by atoms with Crippen molar-refractivity contribution in [2.75, 3.05) is 39.5 Å². The molecule has 0 amide bonds. The maximum atomic E-state index is 10.1. The summed E-state index contributed by atoms with van der Waals surface area (Å²) in [6, 6.07) is 10.6. The van der Waals surface area contributed by atoms with Crippen LogP contribution in [0.25, 0.3) is 0 Å². The van der Waals surface area contributed by atoms with Crippen molar-refractivity contribution in [1.29, 1.82) is 0 Å². The molecule has 0 aromatic heterocycles. The van der Waals surface area contributed by atoms with Gasteiger partial charge in [-0.3, -0.25) is 4.90 Å². The summed E-state index contributed by atoms with van der Waals surface area (Å²) in [6.07, 6.45) is 0. The van der Waals surface area contributed by atoms with E-state index in [4.69, 9.17) is 4.74 Å². The fraction of sp³-hybridized carbons (Fsp3) is 0.625. The summed E-state index contributed by atoms with van der Waals surface area (Å²) in [4.78, 5) is 2.36. The molecular weight excluding hydrogens is 252 g/mol. The molecule has 1 atom stereocenters. The first-order chi connectivity index (χ1) is 9.66. The SMILES string of the molecule is CC(C)NC(CO)(CN1CCOCC1)c1ccccc1. The zero-order valence-electron chi connectivity index (χ0n) is 12.5. The first-order valence-corrected chi connectivity index (χ1v) is 7.40. The summed E-state index contributed by atoms with van der Waals surface area (Å²) in [6.45, 7) is 8.53. The Hall–Kier alpha value is -0.940. The maximum absolute atomic E-state index is 10.1. The minimum Gasteiger partial charge on any atom is -0.394 e. The van der Waals surface area contributed by atoms with E-state index >= 15 is 0 Å². The molecule has 20 heavy (non-hydrogen) atoms. The van der Waals surface area contributed by atoms with Crippen molar-refractivity contribution in [2.45, 2.75) is 25.4 Å². The van der Waals surface area contributed by atoms with Gasteiger partial charge in [0.15, 0.2) is 0 Å². The summed E-state index contributed by atoms with van der Waals surface area (Å²) in [5, 5.41) is 13.7. The van der Waals surface area contributed by atoms with Crippen molar-refractivity contribution < 1.29 is 9.84 Å².